The van der Waals surface area contributed by atoms with Crippen LogP contribution in [0.4, 0.5) is 10.5 Å². The molecule has 4 fully saturated rings. The van der Waals surface area contributed by atoms with Gasteiger partial charge in [-0.25, -0.2) is 9.78 Å². The number of pyridine rings is 1. The van der Waals surface area contributed by atoms with Crippen LogP contribution in [-0.2, 0) is 0 Å². The quantitative estimate of drug-likeness (QED) is 0.753. The zero-order chi connectivity index (χ0) is 18.5. The lowest BCUT2D eigenvalue weighted by molar-refractivity contribution is -0.0438. The van der Waals surface area contributed by atoms with Crippen molar-refractivity contribution >= 4 is 17.7 Å². The van der Waals surface area contributed by atoms with Crippen molar-refractivity contribution in [2.45, 2.75) is 43.7 Å². The van der Waals surface area contributed by atoms with Crippen molar-refractivity contribution in [3.05, 3.63) is 23.5 Å². The van der Waals surface area contributed by atoms with Gasteiger partial charge < -0.3 is 20.6 Å². The molecule has 8 nitrogen and oxygen atoms in total. The van der Waals surface area contributed by atoms with Crippen LogP contribution in [-0.4, -0.2) is 46.3 Å². The first kappa shape index (κ1) is 16.6. The molecule has 136 valence electrons. The van der Waals surface area contributed by atoms with Gasteiger partial charge in [0.25, 0.3) is 5.91 Å². The summed E-state index contributed by atoms with van der Waals surface area (Å²) >= 11 is 0. The summed E-state index contributed by atoms with van der Waals surface area (Å²) in [5, 5.41) is 23.9. The third kappa shape index (κ3) is 2.73. The topological polar surface area (TPSA) is 118 Å². The van der Waals surface area contributed by atoms with Crippen molar-refractivity contribution in [3.63, 3.8) is 0 Å². The maximum absolute atomic E-state index is 12.8. The molecule has 5 rings (SSSR count). The summed E-state index contributed by atoms with van der Waals surface area (Å²) in [6.45, 7) is 2.87. The summed E-state index contributed by atoms with van der Waals surface area (Å²) in [7, 11) is 0. The van der Waals surface area contributed by atoms with E-state index < -0.39 is 11.6 Å². The maximum Gasteiger partial charge on any atom is 0.405 e. The third-order valence-corrected chi connectivity index (χ3v) is 5.88. The van der Waals surface area contributed by atoms with Gasteiger partial charge >= 0.3 is 6.09 Å². The number of carbonyl (C=O) groups excluding carboxylic acids is 1. The molecule has 0 radical (unpaired) electrons. The zero-order valence-corrected chi connectivity index (χ0v) is 14.6. The molecule has 3 saturated carbocycles. The molecule has 1 unspecified atom stereocenters. The van der Waals surface area contributed by atoms with Gasteiger partial charge in [-0.2, -0.15) is 5.26 Å². The van der Waals surface area contributed by atoms with Crippen LogP contribution in [0.5, 0.6) is 0 Å². The Morgan fingerprint density at radius 2 is 2.12 bits per heavy atom. The largest absolute Gasteiger partial charge is 0.465 e. The van der Waals surface area contributed by atoms with Gasteiger partial charge in [0.1, 0.15) is 11.8 Å². The van der Waals surface area contributed by atoms with Crippen LogP contribution in [0, 0.1) is 17.2 Å². The average molecular weight is 355 g/mol. The molecule has 3 N–H and O–H groups in total. The number of hydrogen-bond acceptors (Lipinski definition) is 5. The Labute approximate surface area is 151 Å². The molecule has 1 aliphatic heterocycles. The fourth-order valence-corrected chi connectivity index (χ4v) is 4.41. The van der Waals surface area contributed by atoms with E-state index in [1.165, 1.54) is 6.20 Å². The predicted molar refractivity (Wildman–Crippen MR) is 92.9 cm³/mol. The van der Waals surface area contributed by atoms with E-state index >= 15 is 0 Å². The smallest absolute Gasteiger partial charge is 0.405 e. The highest BCUT2D eigenvalue weighted by atomic mass is 16.4. The molecule has 2 amide bonds. The van der Waals surface area contributed by atoms with Crippen LogP contribution < -0.4 is 15.5 Å². The van der Waals surface area contributed by atoms with E-state index in [0.29, 0.717) is 30.8 Å². The molecule has 0 spiro atoms. The maximum atomic E-state index is 12.8. The predicted octanol–water partition coefficient (Wildman–Crippen LogP) is 1.47. The molecule has 8 heteroatoms. The summed E-state index contributed by atoms with van der Waals surface area (Å²) in [6, 6.07) is 3.62. The number of nitriles is 1. The second-order valence-electron chi connectivity index (χ2n) is 8.07. The molecule has 0 aromatic carbocycles. The van der Waals surface area contributed by atoms with Gasteiger partial charge in [0.2, 0.25) is 0 Å². The molecule has 1 aromatic heterocycles. The minimum Gasteiger partial charge on any atom is -0.465 e. The van der Waals surface area contributed by atoms with Crippen LogP contribution in [0.1, 0.15) is 48.7 Å². The van der Waals surface area contributed by atoms with Gasteiger partial charge in [-0.05, 0) is 44.6 Å². The van der Waals surface area contributed by atoms with E-state index in [1.54, 1.807) is 6.07 Å². The van der Waals surface area contributed by atoms with E-state index in [9.17, 15) is 14.9 Å². The van der Waals surface area contributed by atoms with Crippen molar-refractivity contribution in [2.24, 2.45) is 5.92 Å². The van der Waals surface area contributed by atoms with Crippen molar-refractivity contribution in [1.82, 2.24) is 15.6 Å². The Morgan fingerprint density at radius 1 is 1.38 bits per heavy atom. The van der Waals surface area contributed by atoms with Crippen LogP contribution in [0.15, 0.2) is 12.3 Å². The summed E-state index contributed by atoms with van der Waals surface area (Å²) in [5.74, 6) is 0.588. The number of carbonyl (C=O) groups is 2. The Balaban J connectivity index is 1.59. The Hall–Kier alpha value is -2.82. The molecule has 4 aliphatic rings. The Kier molecular flexibility index (Phi) is 3.58. The molecule has 3 aliphatic carbocycles. The van der Waals surface area contributed by atoms with Crippen LogP contribution in [0.25, 0.3) is 0 Å². The number of carboxylic acid groups (broad SMARTS) is 1. The number of nitrogens with zero attached hydrogens (tertiary/aromatic N) is 3. The number of anilines is 1. The molecular weight excluding hydrogens is 334 g/mol. The monoisotopic (exact) mass is 355 g/mol. The van der Waals surface area contributed by atoms with E-state index in [2.05, 4.69) is 15.6 Å². The van der Waals surface area contributed by atoms with Gasteiger partial charge in [0, 0.05) is 24.8 Å². The first-order chi connectivity index (χ1) is 12.3. The minimum atomic E-state index is -1.07. The number of hydrogen-bond donors (Lipinski definition) is 3. The van der Waals surface area contributed by atoms with E-state index in [1.807, 2.05) is 17.9 Å². The second kappa shape index (κ2) is 5.59. The highest BCUT2D eigenvalue weighted by Gasteiger charge is 2.57. The number of aromatic nitrogens is 1. The molecular formula is C18H21N5O3. The van der Waals surface area contributed by atoms with Crippen molar-refractivity contribution in [2.75, 3.05) is 18.0 Å². The Morgan fingerprint density at radius 3 is 2.69 bits per heavy atom. The van der Waals surface area contributed by atoms with Gasteiger partial charge in [0.05, 0.1) is 16.8 Å². The van der Waals surface area contributed by atoms with Crippen molar-refractivity contribution in [3.8, 4) is 6.07 Å². The molecule has 2 heterocycles. The van der Waals surface area contributed by atoms with Gasteiger partial charge in [-0.3, -0.25) is 4.79 Å². The van der Waals surface area contributed by atoms with E-state index in [4.69, 9.17) is 5.11 Å². The first-order valence-electron chi connectivity index (χ1n) is 8.80. The highest BCUT2D eigenvalue weighted by Crippen LogP contribution is 2.57. The van der Waals surface area contributed by atoms with Gasteiger partial charge in [-0.1, -0.05) is 0 Å². The van der Waals surface area contributed by atoms with E-state index in [-0.39, 0.29) is 17.1 Å². The lowest BCUT2D eigenvalue weighted by atomic mass is 9.50. The van der Waals surface area contributed by atoms with Gasteiger partial charge in [0.15, 0.2) is 0 Å². The first-order valence-corrected chi connectivity index (χ1v) is 8.80. The highest BCUT2D eigenvalue weighted by molar-refractivity contribution is 6.00. The molecule has 1 atom stereocenters. The van der Waals surface area contributed by atoms with Crippen LogP contribution in [0.2, 0.25) is 0 Å². The second-order valence-corrected chi connectivity index (χ2v) is 8.07. The number of nitrogens with one attached hydrogen (secondary N) is 2. The number of rotatable bonds is 4. The minimum absolute atomic E-state index is 0.0443. The van der Waals surface area contributed by atoms with Crippen LogP contribution >= 0.6 is 0 Å². The fraction of sp³-hybridized carbons (Fsp3) is 0.556. The molecule has 1 saturated heterocycles. The molecule has 1 aromatic rings. The standard InChI is InChI=1S/C18H21N5O3/c1-17(22-16(25)26)2-3-23(10-17)14-4-12(8-19)20-9-13(14)15(24)21-18-5-11(6-18)7-18/h4,9,11,22H,2-3,5-7,10H2,1H3,(H,21,24)(H,25,26). The zero-order valence-electron chi connectivity index (χ0n) is 14.6. The van der Waals surface area contributed by atoms with Crippen molar-refractivity contribution < 1.29 is 14.7 Å². The van der Waals surface area contributed by atoms with E-state index in [0.717, 1.165) is 25.2 Å². The third-order valence-electron chi connectivity index (χ3n) is 5.88. The SMILES string of the molecule is CC1(NC(=O)O)CCN(c2cc(C#N)ncc2C(=O)NC23CC(C2)C3)C1. The van der Waals surface area contributed by atoms with Crippen molar-refractivity contribution in [1.29, 1.82) is 5.26 Å². The number of amides is 2. The summed E-state index contributed by atoms with van der Waals surface area (Å²) in [5.41, 5.74) is 0.674. The normalized spacial score (nSPS) is 31.4. The summed E-state index contributed by atoms with van der Waals surface area (Å²) in [6.07, 6.45) is 4.14. The Bertz CT molecular complexity index is 816. The molecule has 26 heavy (non-hydrogen) atoms. The molecule has 2 bridgehead atoms. The summed E-state index contributed by atoms with van der Waals surface area (Å²) in [4.78, 5) is 29.9. The van der Waals surface area contributed by atoms with Gasteiger partial charge in [-0.15, -0.1) is 0 Å². The lowest BCUT2D eigenvalue weighted by Crippen LogP contribution is -2.68. The average Bonchev–Trinajstić information content (AvgIpc) is 2.89. The fourth-order valence-electron chi connectivity index (χ4n) is 4.41. The summed E-state index contributed by atoms with van der Waals surface area (Å²) < 4.78 is 0. The lowest BCUT2D eigenvalue weighted by Gasteiger charge is -2.61. The van der Waals surface area contributed by atoms with Crippen LogP contribution in [0.3, 0.4) is 0 Å².